The van der Waals surface area contributed by atoms with Crippen LogP contribution < -0.4 is 5.32 Å². The van der Waals surface area contributed by atoms with Crippen LogP contribution in [0, 0.1) is 0 Å². The maximum absolute atomic E-state index is 5.57. The minimum atomic E-state index is 0.736. The highest BCUT2D eigenvalue weighted by Crippen LogP contribution is 2.01. The van der Waals surface area contributed by atoms with Gasteiger partial charge in [-0.2, -0.15) is 0 Å². The van der Waals surface area contributed by atoms with Gasteiger partial charge in [0.1, 0.15) is 5.16 Å². The lowest BCUT2D eigenvalue weighted by molar-refractivity contribution is 1.04. The van der Waals surface area contributed by atoms with Gasteiger partial charge in [0.15, 0.2) is 0 Å². The maximum Gasteiger partial charge on any atom is 0.100 e. The number of halogens is 1. The number of hydrogen-bond donors (Lipinski definition) is 1. The van der Waals surface area contributed by atoms with E-state index in [0.717, 1.165) is 10.7 Å². The summed E-state index contributed by atoms with van der Waals surface area (Å²) in [4.78, 5) is 0. The van der Waals surface area contributed by atoms with Crippen molar-refractivity contribution < 1.29 is 0 Å². The van der Waals surface area contributed by atoms with E-state index in [1.165, 1.54) is 0 Å². The molecule has 2 heteroatoms. The highest BCUT2D eigenvalue weighted by molar-refractivity contribution is 6.29. The minimum Gasteiger partial charge on any atom is -0.379 e. The first-order valence-corrected chi connectivity index (χ1v) is 2.57. The number of rotatable bonds is 1. The number of allylic oxidation sites excluding steroid dienone is 1. The summed E-state index contributed by atoms with van der Waals surface area (Å²) >= 11 is 5.57. The molecule has 0 radical (unpaired) electrons. The monoisotopic (exact) mass is 119 g/mol. The molecule has 1 nitrogen and oxygen atoms in total. The Bertz CT molecular complexity index is 82.1. The van der Waals surface area contributed by atoms with E-state index in [2.05, 4.69) is 5.32 Å². The zero-order valence-electron chi connectivity index (χ0n) is 4.88. The van der Waals surface area contributed by atoms with Crippen LogP contribution >= 0.6 is 11.6 Å². The van der Waals surface area contributed by atoms with Crippen LogP contribution in [0.1, 0.15) is 13.8 Å². The van der Waals surface area contributed by atoms with Gasteiger partial charge in [0.05, 0.1) is 0 Å². The Morgan fingerprint density at radius 1 is 1.43 bits per heavy atom. The molecule has 0 aliphatic heterocycles. The summed E-state index contributed by atoms with van der Waals surface area (Å²) in [5.74, 6) is 0. The Hall–Kier alpha value is -0.170. The van der Waals surface area contributed by atoms with Crippen LogP contribution in [0.15, 0.2) is 10.7 Å². The molecule has 0 unspecified atom stereocenters. The summed E-state index contributed by atoms with van der Waals surface area (Å²) in [6, 6.07) is 0. The predicted molar refractivity (Wildman–Crippen MR) is 33.3 cm³/mol. The Balaban J connectivity index is 3.72. The fourth-order valence-corrected chi connectivity index (χ4v) is 0.250. The smallest absolute Gasteiger partial charge is 0.100 e. The van der Waals surface area contributed by atoms with Crippen molar-refractivity contribution >= 4 is 11.6 Å². The zero-order chi connectivity index (χ0) is 5.86. The Labute approximate surface area is 49.4 Å². The molecule has 0 bridgehead atoms. The molecule has 0 aromatic rings. The van der Waals surface area contributed by atoms with E-state index in [1.807, 2.05) is 13.8 Å². The van der Waals surface area contributed by atoms with Crippen LogP contribution in [0.3, 0.4) is 0 Å². The summed E-state index contributed by atoms with van der Waals surface area (Å²) in [7, 11) is 1.80. The third-order valence-corrected chi connectivity index (χ3v) is 1.23. The van der Waals surface area contributed by atoms with Gasteiger partial charge in [0.2, 0.25) is 0 Å². The summed E-state index contributed by atoms with van der Waals surface area (Å²) in [5.41, 5.74) is 1.11. The largest absolute Gasteiger partial charge is 0.379 e. The average Bonchev–Trinajstić information content (AvgIpc) is 1.65. The Kier molecular flexibility index (Phi) is 2.84. The SMILES string of the molecule is CNC(Cl)=C(C)C. The van der Waals surface area contributed by atoms with E-state index in [1.54, 1.807) is 7.05 Å². The van der Waals surface area contributed by atoms with Gasteiger partial charge in [-0.3, -0.25) is 0 Å². The number of hydrogen-bond acceptors (Lipinski definition) is 1. The van der Waals surface area contributed by atoms with Crippen molar-refractivity contribution in [3.8, 4) is 0 Å². The van der Waals surface area contributed by atoms with Gasteiger partial charge in [0, 0.05) is 7.05 Å². The van der Waals surface area contributed by atoms with Crippen LogP contribution in [0.2, 0.25) is 0 Å². The fraction of sp³-hybridized carbons (Fsp3) is 0.600. The third kappa shape index (κ3) is 2.52. The van der Waals surface area contributed by atoms with Crippen molar-refractivity contribution in [1.29, 1.82) is 0 Å². The van der Waals surface area contributed by atoms with Gasteiger partial charge in [-0.1, -0.05) is 11.6 Å². The molecular weight excluding hydrogens is 110 g/mol. The average molecular weight is 120 g/mol. The van der Waals surface area contributed by atoms with Gasteiger partial charge in [-0.25, -0.2) is 0 Å². The molecule has 7 heavy (non-hydrogen) atoms. The second-order valence-corrected chi connectivity index (χ2v) is 1.94. The maximum atomic E-state index is 5.57. The molecule has 0 aromatic heterocycles. The van der Waals surface area contributed by atoms with Crippen LogP contribution in [0.25, 0.3) is 0 Å². The quantitative estimate of drug-likeness (QED) is 0.518. The van der Waals surface area contributed by atoms with E-state index in [-0.39, 0.29) is 0 Å². The lowest BCUT2D eigenvalue weighted by Gasteiger charge is -1.95. The van der Waals surface area contributed by atoms with Crippen molar-refractivity contribution in [3.05, 3.63) is 10.7 Å². The molecule has 0 atom stereocenters. The first-order chi connectivity index (χ1) is 3.18. The van der Waals surface area contributed by atoms with Crippen LogP contribution in [-0.4, -0.2) is 7.05 Å². The van der Waals surface area contributed by atoms with Gasteiger partial charge >= 0.3 is 0 Å². The summed E-state index contributed by atoms with van der Waals surface area (Å²) in [6.07, 6.45) is 0. The van der Waals surface area contributed by atoms with E-state index >= 15 is 0 Å². The molecule has 0 fully saturated rings. The van der Waals surface area contributed by atoms with Gasteiger partial charge in [-0.05, 0) is 19.4 Å². The summed E-state index contributed by atoms with van der Waals surface area (Å²) in [6.45, 7) is 3.91. The zero-order valence-corrected chi connectivity index (χ0v) is 5.63. The Morgan fingerprint density at radius 3 is 1.86 bits per heavy atom. The molecule has 0 aliphatic rings. The van der Waals surface area contributed by atoms with Crippen molar-refractivity contribution in [2.75, 3.05) is 7.05 Å². The van der Waals surface area contributed by atoms with E-state index < -0.39 is 0 Å². The molecule has 0 amide bonds. The lowest BCUT2D eigenvalue weighted by Crippen LogP contribution is -2.00. The van der Waals surface area contributed by atoms with Gasteiger partial charge < -0.3 is 5.32 Å². The normalized spacial score (nSPS) is 8.00. The van der Waals surface area contributed by atoms with Crippen molar-refractivity contribution in [3.63, 3.8) is 0 Å². The van der Waals surface area contributed by atoms with Crippen LogP contribution in [0.4, 0.5) is 0 Å². The fourth-order valence-electron chi connectivity index (χ4n) is 0.250. The third-order valence-electron chi connectivity index (χ3n) is 0.658. The first kappa shape index (κ1) is 6.83. The van der Waals surface area contributed by atoms with Gasteiger partial charge in [0.25, 0.3) is 0 Å². The van der Waals surface area contributed by atoms with Gasteiger partial charge in [-0.15, -0.1) is 0 Å². The molecule has 0 aliphatic carbocycles. The highest BCUT2D eigenvalue weighted by Gasteiger charge is 1.84. The van der Waals surface area contributed by atoms with E-state index in [0.29, 0.717) is 0 Å². The molecule has 0 spiro atoms. The topological polar surface area (TPSA) is 12.0 Å². The van der Waals surface area contributed by atoms with Crippen molar-refractivity contribution in [1.82, 2.24) is 5.32 Å². The van der Waals surface area contributed by atoms with Crippen LogP contribution in [0.5, 0.6) is 0 Å². The molecule has 1 N–H and O–H groups in total. The molecule has 0 rings (SSSR count). The summed E-state index contributed by atoms with van der Waals surface area (Å²) < 4.78 is 0. The molecule has 0 aromatic carbocycles. The molecule has 0 heterocycles. The first-order valence-electron chi connectivity index (χ1n) is 2.19. The second kappa shape index (κ2) is 2.92. The highest BCUT2D eigenvalue weighted by atomic mass is 35.5. The predicted octanol–water partition coefficient (Wildman–Crippen LogP) is 1.70. The number of nitrogens with one attached hydrogen (secondary N) is 1. The van der Waals surface area contributed by atoms with Crippen molar-refractivity contribution in [2.24, 2.45) is 0 Å². The molecular formula is C5H10ClN. The lowest BCUT2D eigenvalue weighted by atomic mass is 10.4. The summed E-state index contributed by atoms with van der Waals surface area (Å²) in [5, 5.41) is 3.55. The second-order valence-electron chi connectivity index (χ2n) is 1.56. The van der Waals surface area contributed by atoms with Crippen LogP contribution in [-0.2, 0) is 0 Å². The van der Waals surface area contributed by atoms with E-state index in [4.69, 9.17) is 11.6 Å². The molecule has 0 saturated carbocycles. The van der Waals surface area contributed by atoms with E-state index in [9.17, 15) is 0 Å². The Morgan fingerprint density at radius 2 is 1.86 bits per heavy atom. The molecule has 42 valence electrons. The molecule has 0 saturated heterocycles. The minimum absolute atomic E-state index is 0.736. The van der Waals surface area contributed by atoms with Crippen molar-refractivity contribution in [2.45, 2.75) is 13.8 Å². The standard InChI is InChI=1S/C5H10ClN/c1-4(2)5(6)7-3/h7H,1-3H3.